The Labute approximate surface area is 330 Å². The van der Waals surface area contributed by atoms with Gasteiger partial charge in [0.25, 0.3) is 0 Å². The SMILES string of the molecule is CC1=C(/C=C/C(C)=C/C=C/C(C)=C/C(=O)Nc2ncnc3c2ncn3[C@@H]2O[C@@H]3CO[Si](C(C)C)(C(C)C)O[Si](C(C)C)(C(C)C)O[C@H]3[C@@H]2O)C(C)(C)CCC1. The number of hydrogen-bond donors (Lipinski definition) is 2. The second kappa shape index (κ2) is 17.2. The highest BCUT2D eigenvalue weighted by Crippen LogP contribution is 2.48. The van der Waals surface area contributed by atoms with Gasteiger partial charge in [0.15, 0.2) is 23.2 Å². The summed E-state index contributed by atoms with van der Waals surface area (Å²) in [6.45, 7) is 28.4. The second-order valence-electron chi connectivity index (χ2n) is 17.6. The van der Waals surface area contributed by atoms with Crippen molar-refractivity contribution in [1.29, 1.82) is 0 Å². The van der Waals surface area contributed by atoms with Crippen LogP contribution < -0.4 is 5.32 Å². The van der Waals surface area contributed by atoms with E-state index in [1.165, 1.54) is 36.4 Å². The van der Waals surface area contributed by atoms with Crippen LogP contribution in [0.15, 0.2) is 71.4 Å². The molecule has 0 bridgehead atoms. The third-order valence-corrected chi connectivity index (χ3v) is 21.9. The van der Waals surface area contributed by atoms with Gasteiger partial charge in [0, 0.05) is 6.08 Å². The summed E-state index contributed by atoms with van der Waals surface area (Å²) in [7, 11) is -5.75. The maximum absolute atomic E-state index is 13.2. The molecule has 0 saturated carbocycles. The standard InChI is InChI=1S/C42H65N5O6Si2/c1-26(2)54(27(3)4)50-23-34-38(52-55(53-54,28(5)6)29(7)8)37(49)41(51-34)47-25-45-36-39(43-24-44-40(36)47)46-35(48)22-31(10)17-14-16-30(9)19-20-33-32(11)18-15-21-42(33,12)13/h14,16-17,19-20,22,24-29,34,37-38,41,49H,15,18,21,23H2,1-13H3,(H,43,44,46,48)/b17-14+,20-19+,30-16+,31-22+/t34-,37+,38-,41-/m1/s1. The minimum Gasteiger partial charge on any atom is -0.414 e. The topological polar surface area (TPSA) is 130 Å². The zero-order chi connectivity index (χ0) is 40.5. The molecule has 0 spiro atoms. The number of aliphatic hydroxyl groups excluding tert-OH is 1. The summed E-state index contributed by atoms with van der Waals surface area (Å²) >= 11 is 0. The van der Waals surface area contributed by atoms with E-state index in [4.69, 9.17) is 17.7 Å². The number of aliphatic hydroxyl groups is 1. The largest absolute Gasteiger partial charge is 0.414 e. The molecule has 13 heteroatoms. The number of nitrogens with zero attached hydrogens (tertiary/aromatic N) is 4. The molecule has 5 rings (SSSR count). The molecular weight excluding hydrogens is 727 g/mol. The lowest BCUT2D eigenvalue weighted by Crippen LogP contribution is -2.65. The molecule has 302 valence electrons. The fourth-order valence-corrected chi connectivity index (χ4v) is 19.7. The van der Waals surface area contributed by atoms with E-state index in [-0.39, 0.29) is 45.9 Å². The van der Waals surface area contributed by atoms with Crippen molar-refractivity contribution in [2.75, 3.05) is 11.9 Å². The predicted molar refractivity (Wildman–Crippen MR) is 224 cm³/mol. The van der Waals surface area contributed by atoms with Gasteiger partial charge in [-0.1, -0.05) is 111 Å². The van der Waals surface area contributed by atoms with Gasteiger partial charge in [-0.15, -0.1) is 0 Å². The summed E-state index contributed by atoms with van der Waals surface area (Å²) in [5.74, 6) is -0.0767. The monoisotopic (exact) mass is 791 g/mol. The van der Waals surface area contributed by atoms with E-state index in [0.29, 0.717) is 11.2 Å². The van der Waals surface area contributed by atoms with Crippen molar-refractivity contribution in [2.24, 2.45) is 5.41 Å². The van der Waals surface area contributed by atoms with Gasteiger partial charge >= 0.3 is 17.1 Å². The third kappa shape index (κ3) is 8.93. The maximum atomic E-state index is 13.2. The van der Waals surface area contributed by atoms with Crippen LogP contribution in [0.2, 0.25) is 22.2 Å². The van der Waals surface area contributed by atoms with Crippen LogP contribution in [0.25, 0.3) is 11.2 Å². The van der Waals surface area contributed by atoms with Gasteiger partial charge < -0.3 is 28.1 Å². The van der Waals surface area contributed by atoms with Crippen LogP contribution in [0.1, 0.15) is 115 Å². The van der Waals surface area contributed by atoms with E-state index in [1.54, 1.807) is 10.9 Å². The lowest BCUT2D eigenvalue weighted by molar-refractivity contribution is -0.112. The Morgan fingerprint density at radius 1 is 0.982 bits per heavy atom. The first kappa shape index (κ1) is 43.1. The minimum atomic E-state index is -2.97. The lowest BCUT2D eigenvalue weighted by atomic mass is 9.72. The molecule has 2 aliphatic heterocycles. The molecule has 4 atom stereocenters. The van der Waals surface area contributed by atoms with Crippen molar-refractivity contribution < 1.29 is 27.6 Å². The Morgan fingerprint density at radius 2 is 1.65 bits per heavy atom. The number of anilines is 1. The van der Waals surface area contributed by atoms with Crippen molar-refractivity contribution in [1.82, 2.24) is 19.5 Å². The summed E-state index contributed by atoms with van der Waals surface area (Å²) in [6, 6.07) is 0. The van der Waals surface area contributed by atoms with Crippen molar-refractivity contribution >= 4 is 40.0 Å². The number of hydrogen-bond acceptors (Lipinski definition) is 9. The van der Waals surface area contributed by atoms with Crippen LogP contribution in [0.3, 0.4) is 0 Å². The lowest BCUT2D eigenvalue weighted by Gasteiger charge is -2.51. The van der Waals surface area contributed by atoms with Crippen LogP contribution in [-0.2, 0) is 22.5 Å². The van der Waals surface area contributed by atoms with Crippen molar-refractivity contribution in [3.63, 3.8) is 0 Å². The molecule has 2 fully saturated rings. The molecule has 1 aliphatic carbocycles. The zero-order valence-electron chi connectivity index (χ0n) is 35.3. The average molecular weight is 792 g/mol. The highest BCUT2D eigenvalue weighted by molar-refractivity contribution is 6.84. The van der Waals surface area contributed by atoms with Crippen LogP contribution in [0, 0.1) is 5.41 Å². The third-order valence-electron chi connectivity index (χ3n) is 11.6. The number of aromatic nitrogens is 4. The Morgan fingerprint density at radius 3 is 2.29 bits per heavy atom. The number of allylic oxidation sites excluding steroid dienone is 9. The van der Waals surface area contributed by atoms with Gasteiger partial charge in [-0.25, -0.2) is 15.0 Å². The summed E-state index contributed by atoms with van der Waals surface area (Å²) in [4.78, 5) is 26.6. The summed E-state index contributed by atoms with van der Waals surface area (Å²) < 4.78 is 29.5. The van der Waals surface area contributed by atoms with Crippen LogP contribution >= 0.6 is 0 Å². The molecular formula is C42H65N5O6Si2. The van der Waals surface area contributed by atoms with Gasteiger partial charge in [-0.2, -0.15) is 0 Å². The first-order valence-electron chi connectivity index (χ1n) is 20.1. The molecule has 4 heterocycles. The quantitative estimate of drug-likeness (QED) is 0.130. The van der Waals surface area contributed by atoms with E-state index in [1.807, 2.05) is 25.2 Å². The van der Waals surface area contributed by atoms with Crippen LogP contribution in [0.5, 0.6) is 0 Å². The summed E-state index contributed by atoms with van der Waals surface area (Å²) in [6.07, 6.45) is 15.3. The van der Waals surface area contributed by atoms with E-state index >= 15 is 0 Å². The Hall–Kier alpha value is -3.05. The number of ether oxygens (including phenoxy) is 1. The summed E-state index contributed by atoms with van der Waals surface area (Å²) in [5.41, 5.74) is 6.40. The first-order chi connectivity index (χ1) is 25.8. The molecule has 2 saturated heterocycles. The number of nitrogens with one attached hydrogen (secondary N) is 1. The molecule has 1 amide bonds. The molecule has 2 aromatic heterocycles. The molecule has 2 aromatic rings. The number of imidazole rings is 1. The van der Waals surface area contributed by atoms with E-state index < -0.39 is 41.7 Å². The zero-order valence-corrected chi connectivity index (χ0v) is 37.3. The van der Waals surface area contributed by atoms with Gasteiger partial charge in [0.05, 0.1) is 12.9 Å². The highest BCUT2D eigenvalue weighted by atomic mass is 28.5. The number of amides is 1. The Kier molecular flexibility index (Phi) is 13.5. The van der Waals surface area contributed by atoms with Gasteiger partial charge in [-0.3, -0.25) is 9.36 Å². The maximum Gasteiger partial charge on any atom is 0.335 e. The van der Waals surface area contributed by atoms with E-state index in [9.17, 15) is 9.90 Å². The Bertz CT molecular complexity index is 1840. The fraction of sp³-hybridized carbons (Fsp3) is 0.619. The number of carbonyl (C=O) groups is 1. The second-order valence-corrected chi connectivity index (χ2v) is 26.4. The van der Waals surface area contributed by atoms with Crippen LogP contribution in [-0.4, -0.2) is 72.6 Å². The van der Waals surface area contributed by atoms with E-state index in [0.717, 1.165) is 17.6 Å². The predicted octanol–water partition coefficient (Wildman–Crippen LogP) is 9.51. The van der Waals surface area contributed by atoms with Crippen LogP contribution in [0.4, 0.5) is 5.82 Å². The molecule has 0 aromatic carbocycles. The first-order valence-corrected chi connectivity index (χ1v) is 24.0. The van der Waals surface area contributed by atoms with Crippen molar-refractivity contribution in [3.8, 4) is 0 Å². The molecule has 3 aliphatic rings. The number of rotatable bonds is 11. The number of fused-ring (bicyclic) bond motifs is 2. The fourth-order valence-electron chi connectivity index (χ4n) is 8.54. The average Bonchev–Trinajstić information content (AvgIpc) is 3.64. The van der Waals surface area contributed by atoms with Crippen molar-refractivity contribution in [3.05, 3.63) is 71.4 Å². The number of carbonyl (C=O) groups excluding carboxylic acids is 1. The van der Waals surface area contributed by atoms with Gasteiger partial charge in [0.2, 0.25) is 5.91 Å². The molecule has 0 unspecified atom stereocenters. The molecule has 55 heavy (non-hydrogen) atoms. The molecule has 2 N–H and O–H groups in total. The van der Waals surface area contributed by atoms with E-state index in [2.05, 4.69) is 116 Å². The summed E-state index contributed by atoms with van der Waals surface area (Å²) in [5, 5.41) is 14.8. The van der Waals surface area contributed by atoms with Gasteiger partial charge in [0.1, 0.15) is 24.6 Å². The normalized spacial score (nSPS) is 26.2. The minimum absolute atomic E-state index is 0.107. The Balaban J connectivity index is 1.32. The van der Waals surface area contributed by atoms with Crippen molar-refractivity contribution in [2.45, 2.75) is 156 Å². The highest BCUT2D eigenvalue weighted by Gasteiger charge is 2.61. The molecule has 0 radical (unpaired) electrons. The molecule has 11 nitrogen and oxygen atoms in total. The van der Waals surface area contributed by atoms with Gasteiger partial charge in [-0.05, 0) is 78.8 Å². The smallest absolute Gasteiger partial charge is 0.335 e.